The van der Waals surface area contributed by atoms with Gasteiger partial charge in [-0.1, -0.05) is 24.2 Å². The van der Waals surface area contributed by atoms with Crippen LogP contribution in [0.15, 0.2) is 28.8 Å². The minimum atomic E-state index is -3.14. The largest absolute Gasteiger partial charge is 0.487 e. The molecule has 124 valence electrons. The van der Waals surface area contributed by atoms with Gasteiger partial charge in [-0.05, 0) is 18.6 Å². The Hall–Kier alpha value is -1.93. The van der Waals surface area contributed by atoms with Crippen molar-refractivity contribution >= 4 is 10.0 Å². The Bertz CT molecular complexity index is 782. The van der Waals surface area contributed by atoms with Crippen molar-refractivity contribution < 1.29 is 17.7 Å². The van der Waals surface area contributed by atoms with Gasteiger partial charge in [0, 0.05) is 6.92 Å². The summed E-state index contributed by atoms with van der Waals surface area (Å²) in [6.45, 7) is 4.33. The molecule has 1 aromatic heterocycles. The van der Waals surface area contributed by atoms with Crippen LogP contribution in [-0.4, -0.2) is 47.8 Å². The van der Waals surface area contributed by atoms with Crippen LogP contribution in [-0.2, 0) is 10.0 Å². The first kappa shape index (κ1) is 15.9. The van der Waals surface area contributed by atoms with E-state index >= 15 is 0 Å². The Labute approximate surface area is 135 Å². The van der Waals surface area contributed by atoms with Crippen LogP contribution in [0, 0.1) is 6.92 Å². The van der Waals surface area contributed by atoms with Gasteiger partial charge in [-0.3, -0.25) is 0 Å². The molecule has 0 amide bonds. The zero-order valence-corrected chi connectivity index (χ0v) is 13.9. The van der Waals surface area contributed by atoms with Crippen LogP contribution in [0.4, 0.5) is 0 Å². The summed E-state index contributed by atoms with van der Waals surface area (Å²) in [5.41, 5.74) is 0.735. The number of aromatic nitrogens is 2. The monoisotopic (exact) mass is 337 g/mol. The van der Waals surface area contributed by atoms with Crippen molar-refractivity contribution in [1.29, 1.82) is 0 Å². The van der Waals surface area contributed by atoms with Crippen LogP contribution in [0.1, 0.15) is 19.2 Å². The van der Waals surface area contributed by atoms with Gasteiger partial charge in [0.1, 0.15) is 11.9 Å². The first-order valence-electron chi connectivity index (χ1n) is 7.54. The Balaban J connectivity index is 1.69. The first-order valence-corrected chi connectivity index (χ1v) is 9.14. The number of nitrogens with zero attached hydrogens (tertiary/aromatic N) is 3. The number of rotatable bonds is 6. The van der Waals surface area contributed by atoms with Crippen molar-refractivity contribution in [3.05, 3.63) is 30.2 Å². The average Bonchev–Trinajstić information content (AvgIpc) is 2.89. The van der Waals surface area contributed by atoms with E-state index in [9.17, 15) is 8.42 Å². The summed E-state index contributed by atoms with van der Waals surface area (Å²) in [6, 6.07) is 7.40. The summed E-state index contributed by atoms with van der Waals surface area (Å²) in [5, 5.41) is 3.90. The summed E-state index contributed by atoms with van der Waals surface area (Å²) in [7, 11) is -3.14. The minimum absolute atomic E-state index is 0.157. The lowest BCUT2D eigenvalue weighted by Gasteiger charge is -2.38. The normalized spacial score (nSPS) is 16.3. The third-order valence-corrected chi connectivity index (χ3v) is 5.63. The zero-order valence-electron chi connectivity index (χ0n) is 13.1. The number of para-hydroxylation sites is 1. The lowest BCUT2D eigenvalue weighted by atomic mass is 10.1. The highest BCUT2D eigenvalue weighted by Gasteiger charge is 2.37. The molecule has 0 N–H and O–H groups in total. The predicted molar refractivity (Wildman–Crippen MR) is 84.5 cm³/mol. The molecular weight excluding hydrogens is 318 g/mol. The third-order valence-electron chi connectivity index (χ3n) is 3.62. The van der Waals surface area contributed by atoms with Crippen molar-refractivity contribution in [2.75, 3.05) is 18.8 Å². The number of sulfonamides is 1. The Morgan fingerprint density at radius 2 is 2.09 bits per heavy atom. The molecule has 1 fully saturated rings. The molecule has 0 radical (unpaired) electrons. The van der Waals surface area contributed by atoms with Gasteiger partial charge >= 0.3 is 0 Å². The topological polar surface area (TPSA) is 85.5 Å². The van der Waals surface area contributed by atoms with E-state index in [-0.39, 0.29) is 11.9 Å². The maximum absolute atomic E-state index is 11.9. The van der Waals surface area contributed by atoms with Crippen molar-refractivity contribution in [3.8, 4) is 17.1 Å². The van der Waals surface area contributed by atoms with Gasteiger partial charge in [-0.15, -0.1) is 0 Å². The number of hydrogen-bond donors (Lipinski definition) is 0. The van der Waals surface area contributed by atoms with Gasteiger partial charge in [0.15, 0.2) is 0 Å². The standard InChI is InChI=1S/C15H19N3O4S/c1-3-8-23(19,20)18-9-12(10-18)21-14-7-5-4-6-13(14)15-16-11(2)22-17-15/h4-7,12H,3,8-10H2,1-2H3. The third kappa shape index (κ3) is 3.37. The molecule has 3 rings (SSSR count). The number of benzene rings is 1. The molecule has 8 heteroatoms. The predicted octanol–water partition coefficient (Wildman–Crippen LogP) is 1.85. The molecule has 0 unspecified atom stereocenters. The number of hydrogen-bond acceptors (Lipinski definition) is 6. The van der Waals surface area contributed by atoms with E-state index in [0.29, 0.717) is 37.0 Å². The average molecular weight is 337 g/mol. The molecule has 0 aliphatic carbocycles. The molecule has 2 aromatic rings. The lowest BCUT2D eigenvalue weighted by Crippen LogP contribution is -2.56. The molecule has 23 heavy (non-hydrogen) atoms. The van der Waals surface area contributed by atoms with Crippen LogP contribution >= 0.6 is 0 Å². The Morgan fingerprint density at radius 3 is 2.74 bits per heavy atom. The van der Waals surface area contributed by atoms with Crippen LogP contribution in [0.5, 0.6) is 5.75 Å². The van der Waals surface area contributed by atoms with Crippen LogP contribution < -0.4 is 4.74 Å². The second-order valence-electron chi connectivity index (χ2n) is 5.51. The molecule has 2 heterocycles. The highest BCUT2D eigenvalue weighted by Crippen LogP contribution is 2.30. The van der Waals surface area contributed by atoms with Gasteiger partial charge in [0.05, 0.1) is 24.4 Å². The first-order chi connectivity index (χ1) is 11.0. The van der Waals surface area contributed by atoms with E-state index in [1.165, 1.54) is 4.31 Å². The maximum Gasteiger partial charge on any atom is 0.223 e. The summed E-state index contributed by atoms with van der Waals surface area (Å²) in [5.74, 6) is 1.76. The summed E-state index contributed by atoms with van der Waals surface area (Å²) < 4.78 is 36.3. The number of ether oxygens (including phenoxy) is 1. The SMILES string of the molecule is CCCS(=O)(=O)N1CC(Oc2ccccc2-c2noc(C)n2)C1. The molecule has 1 saturated heterocycles. The molecule has 0 bridgehead atoms. The Morgan fingerprint density at radius 1 is 1.35 bits per heavy atom. The van der Waals surface area contributed by atoms with E-state index < -0.39 is 10.0 Å². The lowest BCUT2D eigenvalue weighted by molar-refractivity contribution is 0.0767. The fourth-order valence-electron chi connectivity index (χ4n) is 2.43. The van der Waals surface area contributed by atoms with Gasteiger partial charge in [0.25, 0.3) is 0 Å². The molecule has 0 atom stereocenters. The van der Waals surface area contributed by atoms with Crippen molar-refractivity contribution in [3.63, 3.8) is 0 Å². The summed E-state index contributed by atoms with van der Waals surface area (Å²) in [6.07, 6.45) is 0.459. The molecular formula is C15H19N3O4S. The number of aryl methyl sites for hydroxylation is 1. The van der Waals surface area contributed by atoms with E-state index in [2.05, 4.69) is 10.1 Å². The van der Waals surface area contributed by atoms with Gasteiger partial charge < -0.3 is 9.26 Å². The maximum atomic E-state index is 11.9. The van der Waals surface area contributed by atoms with Gasteiger partial charge in [0.2, 0.25) is 21.7 Å². The fourth-order valence-corrected chi connectivity index (χ4v) is 3.99. The van der Waals surface area contributed by atoms with Crippen molar-refractivity contribution in [2.24, 2.45) is 0 Å². The molecule has 1 aromatic carbocycles. The van der Waals surface area contributed by atoms with Crippen LogP contribution in [0.2, 0.25) is 0 Å². The van der Waals surface area contributed by atoms with E-state index in [1.54, 1.807) is 6.92 Å². The van der Waals surface area contributed by atoms with Crippen LogP contribution in [0.25, 0.3) is 11.4 Å². The zero-order chi connectivity index (χ0) is 16.4. The van der Waals surface area contributed by atoms with E-state index in [1.807, 2.05) is 31.2 Å². The highest BCUT2D eigenvalue weighted by molar-refractivity contribution is 7.89. The van der Waals surface area contributed by atoms with E-state index in [4.69, 9.17) is 9.26 Å². The van der Waals surface area contributed by atoms with Gasteiger partial charge in [-0.25, -0.2) is 8.42 Å². The smallest absolute Gasteiger partial charge is 0.223 e. The highest BCUT2D eigenvalue weighted by atomic mass is 32.2. The summed E-state index contributed by atoms with van der Waals surface area (Å²) in [4.78, 5) is 4.21. The molecule has 0 spiro atoms. The Kier molecular flexibility index (Phi) is 4.36. The van der Waals surface area contributed by atoms with Crippen molar-refractivity contribution in [2.45, 2.75) is 26.4 Å². The molecule has 1 aliphatic rings. The van der Waals surface area contributed by atoms with Crippen molar-refractivity contribution in [1.82, 2.24) is 14.4 Å². The molecule has 7 nitrogen and oxygen atoms in total. The fraction of sp³-hybridized carbons (Fsp3) is 0.467. The van der Waals surface area contributed by atoms with Gasteiger partial charge in [-0.2, -0.15) is 9.29 Å². The summed E-state index contributed by atoms with van der Waals surface area (Å²) >= 11 is 0. The quantitative estimate of drug-likeness (QED) is 0.799. The second kappa shape index (κ2) is 6.29. The van der Waals surface area contributed by atoms with E-state index in [0.717, 1.165) is 5.56 Å². The molecule has 1 aliphatic heterocycles. The van der Waals surface area contributed by atoms with Crippen LogP contribution in [0.3, 0.4) is 0 Å². The molecule has 0 saturated carbocycles. The minimum Gasteiger partial charge on any atom is -0.487 e. The second-order valence-corrected chi connectivity index (χ2v) is 7.59.